The molecule has 2 heterocycles. The number of pyridine rings is 1. The summed E-state index contributed by atoms with van der Waals surface area (Å²) in [4.78, 5) is 32.6. The number of carbonyl (C=O) groups is 2. The number of esters is 1. The number of ether oxygens (including phenoxy) is 1. The number of hydrogen-bond acceptors (Lipinski definition) is 6. The maximum atomic E-state index is 12.3. The van der Waals surface area contributed by atoms with Gasteiger partial charge >= 0.3 is 5.97 Å². The van der Waals surface area contributed by atoms with Gasteiger partial charge < -0.3 is 4.74 Å². The molecular weight excluding hydrogens is 398 g/mol. The Morgan fingerprint density at radius 1 is 1.21 bits per heavy atom. The fraction of sp³-hybridized carbons (Fsp3) is 0.200. The Hall–Kier alpha value is -2.77. The molecular formula is C20H18ClN3O3S. The number of amides is 1. The molecule has 0 radical (unpaired) electrons. The van der Waals surface area contributed by atoms with E-state index in [1.165, 1.54) is 42.2 Å². The molecule has 0 bridgehead atoms. The van der Waals surface area contributed by atoms with Gasteiger partial charge in [0.15, 0.2) is 11.2 Å². The highest BCUT2D eigenvalue weighted by Crippen LogP contribution is 2.25. The minimum atomic E-state index is -0.987. The van der Waals surface area contributed by atoms with Crippen LogP contribution < -0.4 is 5.32 Å². The van der Waals surface area contributed by atoms with Crippen LogP contribution in [-0.2, 0) is 16.0 Å². The first-order valence-electron chi connectivity index (χ1n) is 8.64. The molecule has 144 valence electrons. The maximum Gasteiger partial charge on any atom is 0.340 e. The highest BCUT2D eigenvalue weighted by molar-refractivity contribution is 7.14. The number of nitrogens with zero attached hydrogens (tertiary/aromatic N) is 2. The molecule has 0 saturated carbocycles. The lowest BCUT2D eigenvalue weighted by atomic mass is 10.1. The molecule has 8 heteroatoms. The van der Waals surface area contributed by atoms with Crippen molar-refractivity contribution in [2.45, 2.75) is 26.4 Å². The van der Waals surface area contributed by atoms with Gasteiger partial charge in [-0.3, -0.25) is 10.1 Å². The summed E-state index contributed by atoms with van der Waals surface area (Å²) in [5.74, 6) is -1.11. The topological polar surface area (TPSA) is 81.2 Å². The van der Waals surface area contributed by atoms with Crippen molar-refractivity contribution < 1.29 is 14.3 Å². The smallest absolute Gasteiger partial charge is 0.340 e. The van der Waals surface area contributed by atoms with Crippen LogP contribution in [-0.4, -0.2) is 27.9 Å². The van der Waals surface area contributed by atoms with Crippen molar-refractivity contribution >= 4 is 39.9 Å². The van der Waals surface area contributed by atoms with E-state index in [0.29, 0.717) is 5.13 Å². The predicted molar refractivity (Wildman–Crippen MR) is 110 cm³/mol. The molecule has 3 aromatic rings. The second kappa shape index (κ2) is 8.95. The minimum absolute atomic E-state index is 0.219. The zero-order valence-electron chi connectivity index (χ0n) is 15.3. The summed E-state index contributed by atoms with van der Waals surface area (Å²) < 4.78 is 5.17. The molecule has 1 aromatic carbocycles. The molecule has 0 aliphatic heterocycles. The lowest BCUT2D eigenvalue weighted by molar-refractivity contribution is -0.123. The molecule has 28 heavy (non-hydrogen) atoms. The van der Waals surface area contributed by atoms with Gasteiger partial charge in [-0.05, 0) is 31.0 Å². The van der Waals surface area contributed by atoms with Gasteiger partial charge in [-0.15, -0.1) is 11.3 Å². The van der Waals surface area contributed by atoms with Gasteiger partial charge in [0.2, 0.25) is 0 Å². The number of benzene rings is 1. The number of rotatable bonds is 6. The fourth-order valence-corrected chi connectivity index (χ4v) is 3.20. The van der Waals surface area contributed by atoms with Crippen LogP contribution >= 0.6 is 22.9 Å². The van der Waals surface area contributed by atoms with Gasteiger partial charge in [0.05, 0.1) is 11.3 Å². The molecule has 2 aromatic heterocycles. The molecule has 0 unspecified atom stereocenters. The van der Waals surface area contributed by atoms with Crippen LogP contribution in [0.4, 0.5) is 5.13 Å². The second-order valence-corrected chi connectivity index (χ2v) is 7.24. The number of carbonyl (C=O) groups excluding carboxylic acids is 2. The predicted octanol–water partition coefficient (Wildman–Crippen LogP) is 4.60. The summed E-state index contributed by atoms with van der Waals surface area (Å²) in [6, 6.07) is 11.1. The summed E-state index contributed by atoms with van der Waals surface area (Å²) in [6.07, 6.45) is 1.28. The van der Waals surface area contributed by atoms with Crippen LogP contribution in [0.15, 0.2) is 48.0 Å². The number of halogens is 1. The number of thiazole rings is 1. The van der Waals surface area contributed by atoms with Crippen LogP contribution in [0.5, 0.6) is 0 Å². The van der Waals surface area contributed by atoms with Crippen molar-refractivity contribution in [2.75, 3.05) is 5.32 Å². The summed E-state index contributed by atoms with van der Waals surface area (Å²) in [6.45, 7) is 3.59. The van der Waals surface area contributed by atoms with Crippen molar-refractivity contribution in [3.8, 4) is 11.3 Å². The van der Waals surface area contributed by atoms with Gasteiger partial charge in [0.25, 0.3) is 5.91 Å². The third-order valence-corrected chi connectivity index (χ3v) is 4.99. The largest absolute Gasteiger partial charge is 0.449 e. The number of aryl methyl sites for hydroxylation is 1. The van der Waals surface area contributed by atoms with Crippen molar-refractivity contribution in [1.29, 1.82) is 0 Å². The van der Waals surface area contributed by atoms with Crippen LogP contribution in [0.2, 0.25) is 5.15 Å². The molecule has 0 spiro atoms. The van der Waals surface area contributed by atoms with E-state index < -0.39 is 18.0 Å². The van der Waals surface area contributed by atoms with Gasteiger partial charge in [0, 0.05) is 17.1 Å². The third-order valence-electron chi connectivity index (χ3n) is 4.01. The Morgan fingerprint density at radius 2 is 1.96 bits per heavy atom. The molecule has 3 rings (SSSR count). The van der Waals surface area contributed by atoms with Crippen LogP contribution in [0.3, 0.4) is 0 Å². The number of aromatic nitrogens is 2. The van der Waals surface area contributed by atoms with E-state index in [2.05, 4.69) is 34.3 Å². The zero-order chi connectivity index (χ0) is 20.1. The summed E-state index contributed by atoms with van der Waals surface area (Å²) >= 11 is 7.00. The molecule has 0 aliphatic carbocycles. The highest BCUT2D eigenvalue weighted by Gasteiger charge is 2.20. The van der Waals surface area contributed by atoms with Gasteiger partial charge in [0.1, 0.15) is 5.15 Å². The SMILES string of the molecule is CCc1ccc(-c2csc(NC(=O)[C@@H](C)OC(=O)c3ccc(Cl)nc3)n2)cc1. The summed E-state index contributed by atoms with van der Waals surface area (Å²) in [5, 5.41) is 5.25. The van der Waals surface area contributed by atoms with E-state index in [9.17, 15) is 9.59 Å². The molecule has 1 atom stereocenters. The Kier molecular flexibility index (Phi) is 6.38. The van der Waals surface area contributed by atoms with E-state index in [-0.39, 0.29) is 10.7 Å². The third kappa shape index (κ3) is 4.94. The van der Waals surface area contributed by atoms with E-state index in [0.717, 1.165) is 17.7 Å². The molecule has 0 fully saturated rings. The first kappa shape index (κ1) is 20.0. The van der Waals surface area contributed by atoms with Crippen molar-refractivity contribution in [3.05, 3.63) is 64.3 Å². The van der Waals surface area contributed by atoms with Crippen LogP contribution in [0.25, 0.3) is 11.3 Å². The quantitative estimate of drug-likeness (QED) is 0.469. The zero-order valence-corrected chi connectivity index (χ0v) is 16.9. The highest BCUT2D eigenvalue weighted by atomic mass is 35.5. The average Bonchev–Trinajstić information content (AvgIpc) is 3.17. The Labute approximate surface area is 171 Å². The molecule has 1 N–H and O–H groups in total. The average molecular weight is 416 g/mol. The number of hydrogen-bond donors (Lipinski definition) is 1. The molecule has 0 saturated heterocycles. The van der Waals surface area contributed by atoms with Crippen molar-refractivity contribution in [1.82, 2.24) is 9.97 Å². The van der Waals surface area contributed by atoms with Gasteiger partial charge in [-0.1, -0.05) is 42.8 Å². The number of anilines is 1. The van der Waals surface area contributed by atoms with Crippen molar-refractivity contribution in [3.63, 3.8) is 0 Å². The minimum Gasteiger partial charge on any atom is -0.449 e. The van der Waals surface area contributed by atoms with Gasteiger partial charge in [-0.25, -0.2) is 14.8 Å². The second-order valence-electron chi connectivity index (χ2n) is 5.99. The first-order chi connectivity index (χ1) is 13.5. The maximum absolute atomic E-state index is 12.3. The van der Waals surface area contributed by atoms with E-state index in [1.807, 2.05) is 17.5 Å². The standard InChI is InChI=1S/C20H18ClN3O3S/c1-3-13-4-6-14(7-5-13)16-11-28-20(23-16)24-18(25)12(2)27-19(26)15-8-9-17(21)22-10-15/h4-12H,3H2,1-2H3,(H,23,24,25)/t12-/m1/s1. The van der Waals surface area contributed by atoms with Crippen LogP contribution in [0, 0.1) is 0 Å². The monoisotopic (exact) mass is 415 g/mol. The van der Waals surface area contributed by atoms with Crippen LogP contribution in [0.1, 0.15) is 29.8 Å². The van der Waals surface area contributed by atoms with Crippen molar-refractivity contribution in [2.24, 2.45) is 0 Å². The summed E-state index contributed by atoms with van der Waals surface area (Å²) in [7, 11) is 0. The van der Waals surface area contributed by atoms with E-state index in [1.54, 1.807) is 0 Å². The molecule has 1 amide bonds. The van der Waals surface area contributed by atoms with E-state index >= 15 is 0 Å². The lowest BCUT2D eigenvalue weighted by Gasteiger charge is -2.12. The van der Waals surface area contributed by atoms with E-state index in [4.69, 9.17) is 16.3 Å². The molecule has 0 aliphatic rings. The van der Waals surface area contributed by atoms with Gasteiger partial charge in [-0.2, -0.15) is 0 Å². The normalized spacial score (nSPS) is 11.7. The molecule has 6 nitrogen and oxygen atoms in total. The number of nitrogens with one attached hydrogen (secondary N) is 1. The Balaban J connectivity index is 1.60. The first-order valence-corrected chi connectivity index (χ1v) is 9.90. The Bertz CT molecular complexity index is 971. The lowest BCUT2D eigenvalue weighted by Crippen LogP contribution is -2.30. The fourth-order valence-electron chi connectivity index (χ4n) is 2.36. The Morgan fingerprint density at radius 3 is 2.61 bits per heavy atom. The summed E-state index contributed by atoms with van der Waals surface area (Å²) in [5.41, 5.74) is 3.22.